The molecule has 1 aliphatic carbocycles. The number of nitrogens with zero attached hydrogens (tertiary/aromatic N) is 1. The maximum Gasteiger partial charge on any atom is 0.254 e. The summed E-state index contributed by atoms with van der Waals surface area (Å²) in [5.74, 6) is -0.557. The number of halogens is 1. The smallest absolute Gasteiger partial charge is 0.254 e. The predicted octanol–water partition coefficient (Wildman–Crippen LogP) is 1.00. The highest BCUT2D eigenvalue weighted by molar-refractivity contribution is 5.94. The Morgan fingerprint density at radius 3 is 3.25 bits per heavy atom. The zero-order chi connectivity index (χ0) is 14.1. The van der Waals surface area contributed by atoms with Crippen molar-refractivity contribution in [3.63, 3.8) is 0 Å². The van der Waals surface area contributed by atoms with Crippen molar-refractivity contribution in [3.8, 4) is 0 Å². The zero-order valence-corrected chi connectivity index (χ0v) is 11.2. The zero-order valence-electron chi connectivity index (χ0n) is 11.2. The van der Waals surface area contributed by atoms with Crippen LogP contribution in [-0.4, -0.2) is 43.4 Å². The predicted molar refractivity (Wildman–Crippen MR) is 68.7 cm³/mol. The van der Waals surface area contributed by atoms with E-state index in [4.69, 9.17) is 9.47 Å². The Balaban J connectivity index is 1.70. The Hall–Kier alpha value is -1.53. The van der Waals surface area contributed by atoms with Gasteiger partial charge in [-0.05, 0) is 12.5 Å². The van der Waals surface area contributed by atoms with Crippen LogP contribution in [0.5, 0.6) is 0 Å². The highest BCUT2D eigenvalue weighted by atomic mass is 19.1. The minimum absolute atomic E-state index is 0.0116. The molecule has 0 aromatic carbocycles. The molecule has 1 amide bonds. The summed E-state index contributed by atoms with van der Waals surface area (Å²) >= 11 is 0. The van der Waals surface area contributed by atoms with E-state index in [9.17, 15) is 9.18 Å². The standard InChI is InChI=1S/C14H17FN2O3/c1-19-7-10-12(9-3-5-20-13(9)10)17-14(18)8-2-4-16-6-11(8)15/h2,4,6,9-10,12-13H,3,5,7H2,1H3,(H,17,18)/t9-,10+,12+,13-/m1/s1. The van der Waals surface area contributed by atoms with E-state index in [2.05, 4.69) is 10.3 Å². The molecule has 108 valence electrons. The number of fused-ring (bicyclic) bond motifs is 1. The van der Waals surface area contributed by atoms with E-state index in [1.165, 1.54) is 12.3 Å². The molecule has 1 aromatic rings. The molecule has 0 radical (unpaired) electrons. The summed E-state index contributed by atoms with van der Waals surface area (Å²) in [5.41, 5.74) is 0.0264. The van der Waals surface area contributed by atoms with Crippen LogP contribution in [0.1, 0.15) is 16.8 Å². The van der Waals surface area contributed by atoms with Crippen molar-refractivity contribution in [1.29, 1.82) is 0 Å². The van der Waals surface area contributed by atoms with Crippen LogP contribution in [0, 0.1) is 17.7 Å². The molecule has 4 atom stereocenters. The van der Waals surface area contributed by atoms with Gasteiger partial charge in [0.1, 0.15) is 0 Å². The molecular weight excluding hydrogens is 263 g/mol. The van der Waals surface area contributed by atoms with Crippen LogP contribution < -0.4 is 5.32 Å². The van der Waals surface area contributed by atoms with Gasteiger partial charge in [-0.2, -0.15) is 0 Å². The Morgan fingerprint density at radius 1 is 1.65 bits per heavy atom. The van der Waals surface area contributed by atoms with Crippen molar-refractivity contribution in [1.82, 2.24) is 10.3 Å². The van der Waals surface area contributed by atoms with E-state index in [0.717, 1.165) is 12.6 Å². The molecule has 0 bridgehead atoms. The van der Waals surface area contributed by atoms with Crippen molar-refractivity contribution in [2.24, 2.45) is 11.8 Å². The van der Waals surface area contributed by atoms with Crippen molar-refractivity contribution < 1.29 is 18.7 Å². The fourth-order valence-corrected chi connectivity index (χ4v) is 3.22. The number of carbonyl (C=O) groups excluding carboxylic acids is 1. The normalized spacial score (nSPS) is 31.5. The lowest BCUT2D eigenvalue weighted by Crippen LogP contribution is -2.62. The summed E-state index contributed by atoms with van der Waals surface area (Å²) in [4.78, 5) is 15.8. The second kappa shape index (κ2) is 5.46. The summed E-state index contributed by atoms with van der Waals surface area (Å²) in [6.07, 6.45) is 3.54. The van der Waals surface area contributed by atoms with Gasteiger partial charge in [-0.15, -0.1) is 0 Å². The SMILES string of the molecule is COC[C@H]1[C@@H](NC(=O)c2ccncc2F)[C@H]2CCO[C@H]21. The Labute approximate surface area is 116 Å². The number of amides is 1. The topological polar surface area (TPSA) is 60.5 Å². The molecule has 0 spiro atoms. The molecule has 2 aliphatic rings. The maximum atomic E-state index is 13.6. The largest absolute Gasteiger partial charge is 0.384 e. The highest BCUT2D eigenvalue weighted by Gasteiger charge is 2.54. The van der Waals surface area contributed by atoms with Gasteiger partial charge < -0.3 is 14.8 Å². The number of methoxy groups -OCH3 is 1. The minimum atomic E-state index is -0.605. The molecule has 0 unspecified atom stereocenters. The first kappa shape index (κ1) is 13.5. The monoisotopic (exact) mass is 280 g/mol. The molecule has 1 aromatic heterocycles. The van der Waals surface area contributed by atoms with Crippen LogP contribution >= 0.6 is 0 Å². The van der Waals surface area contributed by atoms with Crippen LogP contribution in [0.4, 0.5) is 4.39 Å². The number of hydrogen-bond acceptors (Lipinski definition) is 4. The number of hydrogen-bond donors (Lipinski definition) is 1. The third-order valence-corrected chi connectivity index (χ3v) is 4.20. The van der Waals surface area contributed by atoms with Crippen molar-refractivity contribution >= 4 is 5.91 Å². The Bertz CT molecular complexity index is 511. The van der Waals surface area contributed by atoms with Crippen LogP contribution in [-0.2, 0) is 9.47 Å². The van der Waals surface area contributed by atoms with Gasteiger partial charge in [0.15, 0.2) is 5.82 Å². The third-order valence-electron chi connectivity index (χ3n) is 4.20. The molecule has 2 fully saturated rings. The summed E-state index contributed by atoms with van der Waals surface area (Å²) < 4.78 is 24.4. The van der Waals surface area contributed by atoms with Crippen molar-refractivity contribution in [2.45, 2.75) is 18.6 Å². The molecule has 6 heteroatoms. The molecule has 20 heavy (non-hydrogen) atoms. The van der Waals surface area contributed by atoms with Gasteiger partial charge >= 0.3 is 0 Å². The molecule has 3 rings (SSSR count). The van der Waals surface area contributed by atoms with Gasteiger partial charge in [0.2, 0.25) is 0 Å². The summed E-state index contributed by atoms with van der Waals surface area (Å²) in [6, 6.07) is 1.37. The highest BCUT2D eigenvalue weighted by Crippen LogP contribution is 2.43. The molecule has 2 heterocycles. The van der Waals surface area contributed by atoms with E-state index in [0.29, 0.717) is 19.1 Å². The van der Waals surface area contributed by atoms with Crippen LogP contribution in [0.15, 0.2) is 18.5 Å². The van der Waals surface area contributed by atoms with Gasteiger partial charge in [0.05, 0.1) is 24.5 Å². The maximum absolute atomic E-state index is 13.6. The van der Waals surface area contributed by atoms with E-state index in [1.807, 2.05) is 0 Å². The van der Waals surface area contributed by atoms with Crippen LogP contribution in [0.3, 0.4) is 0 Å². The van der Waals surface area contributed by atoms with Crippen LogP contribution in [0.25, 0.3) is 0 Å². The number of nitrogens with one attached hydrogen (secondary N) is 1. The number of rotatable bonds is 4. The summed E-state index contributed by atoms with van der Waals surface area (Å²) in [6.45, 7) is 1.25. The second-order valence-electron chi connectivity index (χ2n) is 5.26. The molecule has 1 saturated heterocycles. The van der Waals surface area contributed by atoms with E-state index in [1.54, 1.807) is 7.11 Å². The number of ether oxygens (including phenoxy) is 2. The lowest BCUT2D eigenvalue weighted by Gasteiger charge is -2.47. The first-order chi connectivity index (χ1) is 9.72. The van der Waals surface area contributed by atoms with Gasteiger partial charge in [-0.3, -0.25) is 9.78 Å². The second-order valence-corrected chi connectivity index (χ2v) is 5.26. The molecule has 1 N–H and O–H groups in total. The fourth-order valence-electron chi connectivity index (χ4n) is 3.22. The fraction of sp³-hybridized carbons (Fsp3) is 0.571. The average Bonchev–Trinajstić information content (AvgIpc) is 2.87. The van der Waals surface area contributed by atoms with Crippen LogP contribution in [0.2, 0.25) is 0 Å². The molecule has 1 aliphatic heterocycles. The van der Waals surface area contributed by atoms with Gasteiger partial charge in [0, 0.05) is 37.8 Å². The minimum Gasteiger partial charge on any atom is -0.384 e. The third kappa shape index (κ3) is 2.19. The quantitative estimate of drug-likeness (QED) is 0.894. The van der Waals surface area contributed by atoms with Gasteiger partial charge in [0.25, 0.3) is 5.91 Å². The van der Waals surface area contributed by atoms with Crippen molar-refractivity contribution in [3.05, 3.63) is 29.8 Å². The van der Waals surface area contributed by atoms with Gasteiger partial charge in [-0.25, -0.2) is 4.39 Å². The molecule has 5 nitrogen and oxygen atoms in total. The lowest BCUT2D eigenvalue weighted by molar-refractivity contribution is -0.0809. The lowest BCUT2D eigenvalue weighted by atomic mass is 9.67. The number of pyridine rings is 1. The Kier molecular flexibility index (Phi) is 3.67. The summed E-state index contributed by atoms with van der Waals surface area (Å²) in [5, 5.41) is 2.91. The van der Waals surface area contributed by atoms with Crippen molar-refractivity contribution in [2.75, 3.05) is 20.3 Å². The van der Waals surface area contributed by atoms with E-state index in [-0.39, 0.29) is 23.6 Å². The summed E-state index contributed by atoms with van der Waals surface area (Å²) in [7, 11) is 1.63. The Morgan fingerprint density at radius 2 is 2.50 bits per heavy atom. The van der Waals surface area contributed by atoms with E-state index < -0.39 is 11.7 Å². The average molecular weight is 280 g/mol. The van der Waals surface area contributed by atoms with E-state index >= 15 is 0 Å². The van der Waals surface area contributed by atoms with Gasteiger partial charge in [-0.1, -0.05) is 0 Å². The first-order valence-corrected chi connectivity index (χ1v) is 6.73. The number of aromatic nitrogens is 1. The number of carbonyl (C=O) groups is 1. The molecular formula is C14H17FN2O3. The first-order valence-electron chi connectivity index (χ1n) is 6.73. The molecule has 1 saturated carbocycles.